The Hall–Kier alpha value is -0.550. The van der Waals surface area contributed by atoms with E-state index in [1.54, 1.807) is 0 Å². The lowest BCUT2D eigenvalue weighted by atomic mass is 9.65. The molecule has 2 heteroatoms. The Balaban J connectivity index is 2.00. The number of rotatable bonds is 2. The smallest absolute Gasteiger partial charge is 0.0689 e. The molecule has 0 bridgehead atoms. The average Bonchev–Trinajstić information content (AvgIpc) is 2.36. The summed E-state index contributed by atoms with van der Waals surface area (Å²) in [6.45, 7) is 2.27. The maximum atomic E-state index is 9.53. The highest BCUT2D eigenvalue weighted by atomic mass is 14.7. The summed E-state index contributed by atoms with van der Waals surface area (Å²) in [5.41, 5.74) is 6.31. The molecular formula is C15H26N2. The minimum Gasteiger partial charge on any atom is -0.327 e. The summed E-state index contributed by atoms with van der Waals surface area (Å²) in [7, 11) is 0. The molecule has 0 heterocycles. The molecule has 0 spiro atoms. The molecule has 17 heavy (non-hydrogen) atoms. The fraction of sp³-hybridized carbons (Fsp3) is 0.933. The van der Waals surface area contributed by atoms with Crippen LogP contribution >= 0.6 is 0 Å². The summed E-state index contributed by atoms with van der Waals surface area (Å²) in [5.74, 6) is 1.24. The third kappa shape index (κ3) is 2.83. The van der Waals surface area contributed by atoms with Crippen LogP contribution in [0.4, 0.5) is 0 Å². The van der Waals surface area contributed by atoms with E-state index in [4.69, 9.17) is 5.73 Å². The van der Waals surface area contributed by atoms with Crippen LogP contribution in [0.2, 0.25) is 0 Å². The largest absolute Gasteiger partial charge is 0.327 e. The third-order valence-corrected chi connectivity index (χ3v) is 5.14. The molecule has 0 aliphatic heterocycles. The van der Waals surface area contributed by atoms with Crippen molar-refractivity contribution >= 4 is 0 Å². The summed E-state index contributed by atoms with van der Waals surface area (Å²) >= 11 is 0. The molecule has 0 aromatic rings. The van der Waals surface area contributed by atoms with Gasteiger partial charge in [-0.25, -0.2) is 0 Å². The zero-order chi connectivity index (χ0) is 12.3. The van der Waals surface area contributed by atoms with E-state index in [1.807, 2.05) is 0 Å². The fourth-order valence-electron chi connectivity index (χ4n) is 3.88. The second kappa shape index (κ2) is 5.40. The van der Waals surface area contributed by atoms with Gasteiger partial charge in [-0.2, -0.15) is 5.26 Å². The van der Waals surface area contributed by atoms with E-state index in [9.17, 15) is 5.26 Å². The maximum Gasteiger partial charge on any atom is 0.0689 e. The molecule has 2 aliphatic carbocycles. The predicted molar refractivity (Wildman–Crippen MR) is 70.2 cm³/mol. The van der Waals surface area contributed by atoms with Crippen molar-refractivity contribution in [2.45, 2.75) is 70.8 Å². The molecule has 0 aromatic heterocycles. The average molecular weight is 234 g/mol. The van der Waals surface area contributed by atoms with Crippen LogP contribution in [0.5, 0.6) is 0 Å². The van der Waals surface area contributed by atoms with E-state index in [0.29, 0.717) is 17.9 Å². The quantitative estimate of drug-likeness (QED) is 0.793. The molecule has 2 aliphatic rings. The summed E-state index contributed by atoms with van der Waals surface area (Å²) in [6.07, 6.45) is 10.9. The first-order valence-electron chi connectivity index (χ1n) is 7.34. The number of nitrogens with zero attached hydrogens (tertiary/aromatic N) is 1. The molecular weight excluding hydrogens is 208 g/mol. The van der Waals surface area contributed by atoms with E-state index in [1.165, 1.54) is 38.5 Å². The monoisotopic (exact) mass is 234 g/mol. The highest BCUT2D eigenvalue weighted by Crippen LogP contribution is 2.44. The number of nitrogens with two attached hydrogens (primary N) is 1. The Bertz CT molecular complexity index is 286. The normalized spacial score (nSPS) is 37.4. The van der Waals surface area contributed by atoms with Gasteiger partial charge in [-0.05, 0) is 43.9 Å². The Kier molecular flexibility index (Phi) is 4.09. The van der Waals surface area contributed by atoms with Gasteiger partial charge in [0.25, 0.3) is 0 Å². The summed E-state index contributed by atoms with van der Waals surface area (Å²) in [5, 5.41) is 9.53. The molecule has 2 N–H and O–H groups in total. The van der Waals surface area contributed by atoms with Crippen molar-refractivity contribution in [2.75, 3.05) is 0 Å². The van der Waals surface area contributed by atoms with Crippen LogP contribution in [0.3, 0.4) is 0 Å². The van der Waals surface area contributed by atoms with Gasteiger partial charge in [0, 0.05) is 6.04 Å². The molecule has 0 radical (unpaired) electrons. The molecule has 2 saturated carbocycles. The lowest BCUT2D eigenvalue weighted by Gasteiger charge is -2.40. The van der Waals surface area contributed by atoms with Crippen molar-refractivity contribution in [3.8, 4) is 6.07 Å². The van der Waals surface area contributed by atoms with Crippen molar-refractivity contribution in [2.24, 2.45) is 23.0 Å². The molecule has 0 saturated heterocycles. The first-order valence-corrected chi connectivity index (χ1v) is 7.34. The standard InChI is InChI=1S/C15H26N2/c1-12-6-5-7-13(14(12)17)10-15(11-16)8-3-2-4-9-15/h12-14H,2-10,17H2,1H3/t12-,13?,14?/m1/s1. The Morgan fingerprint density at radius 3 is 2.53 bits per heavy atom. The van der Waals surface area contributed by atoms with Crippen LogP contribution in [0.15, 0.2) is 0 Å². The van der Waals surface area contributed by atoms with E-state index >= 15 is 0 Å². The third-order valence-electron chi connectivity index (χ3n) is 5.14. The Morgan fingerprint density at radius 1 is 1.18 bits per heavy atom. The molecule has 2 nitrogen and oxygen atoms in total. The first kappa shape index (κ1) is 12.9. The van der Waals surface area contributed by atoms with E-state index in [2.05, 4.69) is 13.0 Å². The van der Waals surface area contributed by atoms with Gasteiger partial charge in [0.15, 0.2) is 0 Å². The van der Waals surface area contributed by atoms with Gasteiger partial charge in [-0.3, -0.25) is 0 Å². The van der Waals surface area contributed by atoms with Crippen molar-refractivity contribution in [3.05, 3.63) is 0 Å². The molecule has 0 aromatic carbocycles. The van der Waals surface area contributed by atoms with E-state index in [-0.39, 0.29) is 5.41 Å². The van der Waals surface area contributed by atoms with Crippen LogP contribution in [0.1, 0.15) is 64.7 Å². The molecule has 2 rings (SSSR count). The van der Waals surface area contributed by atoms with Crippen molar-refractivity contribution in [1.82, 2.24) is 0 Å². The summed E-state index contributed by atoms with van der Waals surface area (Å²) in [4.78, 5) is 0. The maximum absolute atomic E-state index is 9.53. The summed E-state index contributed by atoms with van der Waals surface area (Å²) < 4.78 is 0. The highest BCUT2D eigenvalue weighted by molar-refractivity contribution is 5.03. The topological polar surface area (TPSA) is 49.8 Å². The number of hydrogen-bond donors (Lipinski definition) is 1. The van der Waals surface area contributed by atoms with Crippen LogP contribution in [0.25, 0.3) is 0 Å². The van der Waals surface area contributed by atoms with Gasteiger partial charge in [0.2, 0.25) is 0 Å². The predicted octanol–water partition coefficient (Wildman–Crippen LogP) is 3.61. The second-order valence-corrected chi connectivity index (χ2v) is 6.40. The highest BCUT2D eigenvalue weighted by Gasteiger charge is 2.38. The zero-order valence-corrected chi connectivity index (χ0v) is 11.1. The van der Waals surface area contributed by atoms with E-state index < -0.39 is 0 Å². The van der Waals surface area contributed by atoms with Gasteiger partial charge in [0.1, 0.15) is 0 Å². The van der Waals surface area contributed by atoms with Crippen LogP contribution in [-0.4, -0.2) is 6.04 Å². The molecule has 2 unspecified atom stereocenters. The molecule has 96 valence electrons. The minimum absolute atomic E-state index is 0.0302. The second-order valence-electron chi connectivity index (χ2n) is 6.40. The minimum atomic E-state index is -0.0302. The van der Waals surface area contributed by atoms with Crippen molar-refractivity contribution in [1.29, 1.82) is 5.26 Å². The SMILES string of the molecule is C[C@@H]1CCCC(CC2(C#N)CCCCC2)C1N. The van der Waals surface area contributed by atoms with Gasteiger partial charge in [-0.15, -0.1) is 0 Å². The Morgan fingerprint density at radius 2 is 1.88 bits per heavy atom. The zero-order valence-electron chi connectivity index (χ0n) is 11.1. The molecule has 2 fully saturated rings. The lowest BCUT2D eigenvalue weighted by Crippen LogP contribution is -2.42. The van der Waals surface area contributed by atoms with Crippen molar-refractivity contribution in [3.63, 3.8) is 0 Å². The molecule has 0 amide bonds. The van der Waals surface area contributed by atoms with Crippen LogP contribution < -0.4 is 5.73 Å². The van der Waals surface area contributed by atoms with Gasteiger partial charge >= 0.3 is 0 Å². The number of nitriles is 1. The van der Waals surface area contributed by atoms with Gasteiger partial charge < -0.3 is 5.73 Å². The number of hydrogen-bond acceptors (Lipinski definition) is 2. The van der Waals surface area contributed by atoms with Crippen LogP contribution in [0, 0.1) is 28.6 Å². The van der Waals surface area contributed by atoms with Gasteiger partial charge in [-0.1, -0.05) is 32.6 Å². The lowest BCUT2D eigenvalue weighted by molar-refractivity contribution is 0.144. The van der Waals surface area contributed by atoms with Crippen LogP contribution in [-0.2, 0) is 0 Å². The Labute approximate surface area is 106 Å². The summed E-state index contributed by atoms with van der Waals surface area (Å²) in [6, 6.07) is 2.97. The molecule has 3 atom stereocenters. The van der Waals surface area contributed by atoms with Gasteiger partial charge in [0.05, 0.1) is 11.5 Å². The van der Waals surface area contributed by atoms with Crippen molar-refractivity contribution < 1.29 is 0 Å². The van der Waals surface area contributed by atoms with E-state index in [0.717, 1.165) is 19.3 Å². The first-order chi connectivity index (χ1) is 8.17. The fourth-order valence-corrected chi connectivity index (χ4v) is 3.88.